The predicted molar refractivity (Wildman–Crippen MR) is 60.1 cm³/mol. The molecule has 0 aliphatic rings. The Kier molecular flexibility index (Phi) is 5.33. The van der Waals surface area contributed by atoms with Crippen molar-refractivity contribution in [2.24, 2.45) is 0 Å². The van der Waals surface area contributed by atoms with Crippen LogP contribution in [0.4, 0.5) is 0 Å². The van der Waals surface area contributed by atoms with Crippen LogP contribution in [0.3, 0.4) is 0 Å². The highest BCUT2D eigenvalue weighted by Gasteiger charge is 2.07. The van der Waals surface area contributed by atoms with Crippen molar-refractivity contribution in [1.82, 2.24) is 4.98 Å². The zero-order valence-electron chi connectivity index (χ0n) is 7.93. The lowest BCUT2D eigenvalue weighted by atomic mass is 10.1. The number of nitrogens with zero attached hydrogens (tertiary/aromatic N) is 1. The molecule has 0 aromatic carbocycles. The fraction of sp³-hybridized carbons (Fsp3) is 0.444. The van der Waals surface area contributed by atoms with E-state index in [0.717, 1.165) is 27.9 Å². The van der Waals surface area contributed by atoms with Gasteiger partial charge in [-0.05, 0) is 13.8 Å². The molecule has 1 aromatic rings. The normalized spacial score (nSPS) is 9.23. The molecule has 0 aliphatic carbocycles. The number of ether oxygens (including phenoxy) is 1. The summed E-state index contributed by atoms with van der Waals surface area (Å²) in [6.07, 6.45) is 1.84. The van der Waals surface area contributed by atoms with Crippen molar-refractivity contribution in [3.8, 4) is 5.75 Å². The van der Waals surface area contributed by atoms with Crippen LogP contribution >= 0.6 is 28.3 Å². The molecule has 0 aliphatic heterocycles. The maximum Gasteiger partial charge on any atom is 0.128 e. The monoisotopic (exact) mass is 265 g/mol. The summed E-state index contributed by atoms with van der Waals surface area (Å²) in [6.45, 7) is 4.02. The van der Waals surface area contributed by atoms with Gasteiger partial charge in [0.05, 0.1) is 12.8 Å². The minimum atomic E-state index is 0. The summed E-state index contributed by atoms with van der Waals surface area (Å²) < 4.78 is 5.26. The van der Waals surface area contributed by atoms with Gasteiger partial charge in [0.2, 0.25) is 0 Å². The van der Waals surface area contributed by atoms with Gasteiger partial charge in [-0.2, -0.15) is 0 Å². The number of alkyl halides is 1. The van der Waals surface area contributed by atoms with E-state index < -0.39 is 0 Å². The van der Waals surface area contributed by atoms with Crippen LogP contribution in [0.2, 0.25) is 0 Å². The van der Waals surface area contributed by atoms with Gasteiger partial charge < -0.3 is 4.74 Å². The van der Waals surface area contributed by atoms with Gasteiger partial charge in [0.15, 0.2) is 0 Å². The summed E-state index contributed by atoms with van der Waals surface area (Å²) >= 11 is 3.38. The van der Waals surface area contributed by atoms with E-state index in [-0.39, 0.29) is 12.4 Å². The molecule has 0 spiro atoms. The highest BCUT2D eigenvalue weighted by atomic mass is 79.9. The molecule has 0 fully saturated rings. The molecule has 0 saturated heterocycles. The first kappa shape index (κ1) is 12.7. The Morgan fingerprint density at radius 2 is 2.08 bits per heavy atom. The highest BCUT2D eigenvalue weighted by molar-refractivity contribution is 9.08. The van der Waals surface area contributed by atoms with E-state index in [0.29, 0.717) is 0 Å². The van der Waals surface area contributed by atoms with Crippen LogP contribution in [0, 0.1) is 13.8 Å². The predicted octanol–water partition coefficient (Wildman–Crippen LogP) is 3.02. The van der Waals surface area contributed by atoms with Crippen molar-refractivity contribution in [2.45, 2.75) is 19.2 Å². The SMILES string of the molecule is COc1c(C)cnc(CBr)c1C.Cl. The molecule has 0 radical (unpaired) electrons. The van der Waals surface area contributed by atoms with Crippen molar-refractivity contribution in [3.05, 3.63) is 23.0 Å². The Morgan fingerprint density at radius 3 is 2.54 bits per heavy atom. The zero-order chi connectivity index (χ0) is 9.14. The van der Waals surface area contributed by atoms with Gasteiger partial charge in [0, 0.05) is 22.7 Å². The number of hydrogen-bond acceptors (Lipinski definition) is 2. The van der Waals surface area contributed by atoms with E-state index in [4.69, 9.17) is 4.74 Å². The molecule has 1 heterocycles. The molecule has 0 N–H and O–H groups in total. The molecule has 2 nitrogen and oxygen atoms in total. The molecule has 0 atom stereocenters. The highest BCUT2D eigenvalue weighted by Crippen LogP contribution is 2.24. The summed E-state index contributed by atoms with van der Waals surface area (Å²) in [5.74, 6) is 0.944. The Bertz CT molecular complexity index is 291. The number of aryl methyl sites for hydroxylation is 1. The lowest BCUT2D eigenvalue weighted by Gasteiger charge is -2.10. The maximum atomic E-state index is 5.26. The topological polar surface area (TPSA) is 22.1 Å². The molecular formula is C9H13BrClNO. The number of halogens is 2. The van der Waals surface area contributed by atoms with Crippen molar-refractivity contribution in [2.75, 3.05) is 7.11 Å². The molecule has 1 aromatic heterocycles. The van der Waals surface area contributed by atoms with Gasteiger partial charge in [0.25, 0.3) is 0 Å². The third kappa shape index (κ3) is 2.58. The fourth-order valence-corrected chi connectivity index (χ4v) is 1.77. The minimum Gasteiger partial charge on any atom is -0.496 e. The van der Waals surface area contributed by atoms with Gasteiger partial charge in [-0.1, -0.05) is 15.9 Å². The molecular weight excluding hydrogens is 253 g/mol. The molecule has 0 saturated carbocycles. The van der Waals surface area contributed by atoms with Crippen molar-refractivity contribution < 1.29 is 4.74 Å². The third-order valence-electron chi connectivity index (χ3n) is 1.88. The second kappa shape index (κ2) is 5.45. The van der Waals surface area contributed by atoms with Gasteiger partial charge in [-0.25, -0.2) is 0 Å². The number of pyridine rings is 1. The first-order valence-corrected chi connectivity index (χ1v) is 4.88. The van der Waals surface area contributed by atoms with Crippen LogP contribution in [0.25, 0.3) is 0 Å². The Hall–Kier alpha value is -0.280. The van der Waals surface area contributed by atoms with Gasteiger partial charge in [-0.3, -0.25) is 4.98 Å². The Morgan fingerprint density at radius 1 is 1.46 bits per heavy atom. The molecule has 4 heteroatoms. The van der Waals surface area contributed by atoms with Crippen LogP contribution in [-0.2, 0) is 5.33 Å². The molecule has 0 bridgehead atoms. The van der Waals surface area contributed by atoms with Crippen LogP contribution in [-0.4, -0.2) is 12.1 Å². The second-order valence-corrected chi connectivity index (χ2v) is 3.24. The number of methoxy groups -OCH3 is 1. The quantitative estimate of drug-likeness (QED) is 0.768. The molecule has 13 heavy (non-hydrogen) atoms. The zero-order valence-corrected chi connectivity index (χ0v) is 10.3. The number of rotatable bonds is 2. The standard InChI is InChI=1S/C9H12BrNO.ClH/c1-6-5-11-8(4-10)7(2)9(6)12-3;/h5H,4H2,1-3H3;1H. The van der Waals surface area contributed by atoms with E-state index in [9.17, 15) is 0 Å². The fourth-order valence-electron chi connectivity index (χ4n) is 1.21. The summed E-state index contributed by atoms with van der Waals surface area (Å²) in [5, 5.41) is 0.773. The Labute approximate surface area is 93.2 Å². The third-order valence-corrected chi connectivity index (χ3v) is 2.41. The average Bonchev–Trinajstić information content (AvgIpc) is 2.06. The smallest absolute Gasteiger partial charge is 0.128 e. The molecule has 1 rings (SSSR count). The van der Waals surface area contributed by atoms with Crippen LogP contribution in [0.1, 0.15) is 16.8 Å². The molecule has 0 amide bonds. The van der Waals surface area contributed by atoms with E-state index in [1.807, 2.05) is 20.0 Å². The van der Waals surface area contributed by atoms with Crippen LogP contribution in [0.15, 0.2) is 6.20 Å². The van der Waals surface area contributed by atoms with E-state index in [1.165, 1.54) is 0 Å². The first-order valence-electron chi connectivity index (χ1n) is 3.75. The first-order chi connectivity index (χ1) is 5.70. The van der Waals surface area contributed by atoms with E-state index >= 15 is 0 Å². The minimum absolute atomic E-state index is 0. The van der Waals surface area contributed by atoms with Gasteiger partial charge in [0.1, 0.15) is 5.75 Å². The van der Waals surface area contributed by atoms with Crippen molar-refractivity contribution >= 4 is 28.3 Å². The molecule has 0 unspecified atom stereocenters. The largest absolute Gasteiger partial charge is 0.496 e. The van der Waals surface area contributed by atoms with E-state index in [1.54, 1.807) is 7.11 Å². The number of hydrogen-bond donors (Lipinski definition) is 0. The van der Waals surface area contributed by atoms with Crippen LogP contribution < -0.4 is 4.74 Å². The average molecular weight is 267 g/mol. The van der Waals surface area contributed by atoms with Gasteiger partial charge in [-0.15, -0.1) is 12.4 Å². The van der Waals surface area contributed by atoms with Crippen LogP contribution in [0.5, 0.6) is 5.75 Å². The summed E-state index contributed by atoms with van der Waals surface area (Å²) in [4.78, 5) is 4.28. The maximum absolute atomic E-state index is 5.26. The summed E-state index contributed by atoms with van der Waals surface area (Å²) in [7, 11) is 1.69. The van der Waals surface area contributed by atoms with Crippen molar-refractivity contribution in [1.29, 1.82) is 0 Å². The summed E-state index contributed by atoms with van der Waals surface area (Å²) in [6, 6.07) is 0. The lowest BCUT2D eigenvalue weighted by molar-refractivity contribution is 0.407. The summed E-state index contributed by atoms with van der Waals surface area (Å²) in [5.41, 5.74) is 3.24. The second-order valence-electron chi connectivity index (χ2n) is 2.68. The number of aromatic nitrogens is 1. The lowest BCUT2D eigenvalue weighted by Crippen LogP contribution is -1.97. The molecule has 74 valence electrons. The van der Waals surface area contributed by atoms with E-state index in [2.05, 4.69) is 20.9 Å². The Balaban J connectivity index is 0.00000144. The van der Waals surface area contributed by atoms with Gasteiger partial charge >= 0.3 is 0 Å². The van der Waals surface area contributed by atoms with Crippen molar-refractivity contribution in [3.63, 3.8) is 0 Å².